The van der Waals surface area contributed by atoms with Crippen molar-refractivity contribution in [2.45, 2.75) is 82.3 Å². The lowest BCUT2D eigenvalue weighted by Gasteiger charge is -2.38. The van der Waals surface area contributed by atoms with Gasteiger partial charge in [0.25, 0.3) is 11.8 Å². The van der Waals surface area contributed by atoms with Crippen LogP contribution < -0.4 is 10.6 Å². The number of carbonyl (C=O) groups is 2. The van der Waals surface area contributed by atoms with E-state index >= 15 is 0 Å². The molecule has 226 valence electrons. The number of urea groups is 1. The second-order valence-corrected chi connectivity index (χ2v) is 12.1. The maximum absolute atomic E-state index is 14.3. The molecule has 2 N–H and O–H groups in total. The highest BCUT2D eigenvalue weighted by Crippen LogP contribution is 2.46. The van der Waals surface area contributed by atoms with Crippen LogP contribution >= 0.6 is 0 Å². The summed E-state index contributed by atoms with van der Waals surface area (Å²) in [7, 11) is 0. The SMILES string of the molecule is CC(C)n1nccc1C(=O)NC(c1cn2ncc(C(C3CC3)N3CC(F)(F)CNC3=O)cc2n1)C1CCC(F)(F)CC1. The number of rotatable bonds is 8. The predicted octanol–water partition coefficient (Wildman–Crippen LogP) is 4.91. The molecule has 0 spiro atoms. The zero-order valence-electron chi connectivity index (χ0n) is 23.4. The minimum absolute atomic E-state index is 0.0325. The fourth-order valence-corrected chi connectivity index (χ4v) is 6.20. The van der Waals surface area contributed by atoms with Crippen molar-refractivity contribution in [3.8, 4) is 0 Å². The lowest BCUT2D eigenvalue weighted by molar-refractivity contribution is -0.0495. The Balaban J connectivity index is 1.32. The summed E-state index contributed by atoms with van der Waals surface area (Å²) in [6.45, 7) is 2.43. The van der Waals surface area contributed by atoms with Gasteiger partial charge in [-0.15, -0.1) is 0 Å². The zero-order chi connectivity index (χ0) is 29.8. The highest BCUT2D eigenvalue weighted by atomic mass is 19.3. The van der Waals surface area contributed by atoms with Crippen LogP contribution in [0.3, 0.4) is 0 Å². The lowest BCUT2D eigenvalue weighted by Crippen LogP contribution is -2.58. The smallest absolute Gasteiger partial charge is 0.318 e. The second-order valence-electron chi connectivity index (χ2n) is 12.1. The fraction of sp³-hybridized carbons (Fsp3) is 0.607. The summed E-state index contributed by atoms with van der Waals surface area (Å²) in [6, 6.07) is 1.48. The van der Waals surface area contributed by atoms with Crippen molar-refractivity contribution >= 4 is 17.6 Å². The van der Waals surface area contributed by atoms with Gasteiger partial charge in [-0.05, 0) is 69.1 Å². The number of nitrogens with zero attached hydrogens (tertiary/aromatic N) is 6. The standard InChI is InChI=1S/C28H34F4N8O2/c1-16(2)40-21(7-10-34-40)25(41)37-23(17-5-8-27(29,30)9-6-17)20-13-39-22(36-20)11-19(12-35-39)24(18-3-4-18)38-15-28(31,32)14-33-26(38)42/h7,10-13,16-18,23-24H,3-6,8-9,14-15H2,1-2H3,(H,33,42)(H,37,41). The van der Waals surface area contributed by atoms with Crippen molar-refractivity contribution in [3.63, 3.8) is 0 Å². The van der Waals surface area contributed by atoms with Crippen molar-refractivity contribution in [1.82, 2.24) is 39.9 Å². The summed E-state index contributed by atoms with van der Waals surface area (Å²) < 4.78 is 59.7. The highest BCUT2D eigenvalue weighted by molar-refractivity contribution is 5.92. The second kappa shape index (κ2) is 10.5. The van der Waals surface area contributed by atoms with Gasteiger partial charge in [-0.2, -0.15) is 10.2 Å². The first-order chi connectivity index (χ1) is 19.9. The number of hydrogen-bond acceptors (Lipinski definition) is 5. The molecule has 6 rings (SSSR count). The Bertz CT molecular complexity index is 1470. The van der Waals surface area contributed by atoms with Crippen LogP contribution in [0, 0.1) is 11.8 Å². The Labute approximate surface area is 239 Å². The number of fused-ring (bicyclic) bond motifs is 1. The first-order valence-electron chi connectivity index (χ1n) is 14.4. The van der Waals surface area contributed by atoms with E-state index in [1.807, 2.05) is 13.8 Å². The topological polar surface area (TPSA) is 109 Å². The summed E-state index contributed by atoms with van der Waals surface area (Å²) >= 11 is 0. The monoisotopic (exact) mass is 590 g/mol. The maximum Gasteiger partial charge on any atom is 0.318 e. The summed E-state index contributed by atoms with van der Waals surface area (Å²) in [5.41, 5.74) is 1.81. The largest absolute Gasteiger partial charge is 0.342 e. The molecule has 3 fully saturated rings. The molecule has 14 heteroatoms. The summed E-state index contributed by atoms with van der Waals surface area (Å²) in [4.78, 5) is 31.9. The number of nitrogens with one attached hydrogen (secondary N) is 2. The van der Waals surface area contributed by atoms with Gasteiger partial charge in [-0.25, -0.2) is 31.9 Å². The molecule has 4 heterocycles. The van der Waals surface area contributed by atoms with Gasteiger partial charge >= 0.3 is 6.03 Å². The molecule has 2 atom stereocenters. The van der Waals surface area contributed by atoms with E-state index in [1.54, 1.807) is 29.2 Å². The number of imidazole rings is 1. The van der Waals surface area contributed by atoms with Crippen molar-refractivity contribution in [2.24, 2.45) is 11.8 Å². The Morgan fingerprint density at radius 2 is 1.81 bits per heavy atom. The normalized spacial score (nSPS) is 22.3. The van der Waals surface area contributed by atoms with E-state index in [0.717, 1.165) is 12.8 Å². The van der Waals surface area contributed by atoms with Crippen LogP contribution in [0.5, 0.6) is 0 Å². The molecule has 3 aliphatic rings. The third-order valence-electron chi connectivity index (χ3n) is 8.50. The molecule has 0 bridgehead atoms. The van der Waals surface area contributed by atoms with Crippen LogP contribution in [-0.2, 0) is 0 Å². The third-order valence-corrected chi connectivity index (χ3v) is 8.50. The van der Waals surface area contributed by atoms with Crippen molar-refractivity contribution in [1.29, 1.82) is 0 Å². The molecule has 1 saturated heterocycles. The molecule has 10 nitrogen and oxygen atoms in total. The number of amides is 3. The van der Waals surface area contributed by atoms with Crippen LogP contribution in [0.2, 0.25) is 0 Å². The predicted molar refractivity (Wildman–Crippen MR) is 143 cm³/mol. The minimum atomic E-state index is -3.05. The van der Waals surface area contributed by atoms with Gasteiger partial charge in [-0.1, -0.05) is 0 Å². The summed E-state index contributed by atoms with van der Waals surface area (Å²) in [5.74, 6) is -6.43. The number of hydrogen-bond donors (Lipinski definition) is 2. The molecular formula is C28H34F4N8O2. The average Bonchev–Trinajstić information content (AvgIpc) is 3.46. The van der Waals surface area contributed by atoms with E-state index in [0.29, 0.717) is 22.6 Å². The van der Waals surface area contributed by atoms with Crippen molar-refractivity contribution in [2.75, 3.05) is 13.1 Å². The highest BCUT2D eigenvalue weighted by Gasteiger charge is 2.47. The van der Waals surface area contributed by atoms with Crippen molar-refractivity contribution < 1.29 is 27.2 Å². The maximum atomic E-state index is 14.3. The Kier molecular flexibility index (Phi) is 7.12. The molecule has 2 unspecified atom stereocenters. The van der Waals surface area contributed by atoms with E-state index in [-0.39, 0.29) is 49.5 Å². The quantitative estimate of drug-likeness (QED) is 0.362. The van der Waals surface area contributed by atoms with Crippen LogP contribution in [-0.4, -0.2) is 66.2 Å². The van der Waals surface area contributed by atoms with Crippen LogP contribution in [0.4, 0.5) is 22.4 Å². The average molecular weight is 591 g/mol. The third kappa shape index (κ3) is 5.67. The number of alkyl halides is 4. The molecule has 3 aromatic rings. The molecule has 42 heavy (non-hydrogen) atoms. The first-order valence-corrected chi connectivity index (χ1v) is 14.4. The van der Waals surface area contributed by atoms with Gasteiger partial charge in [0.15, 0.2) is 5.65 Å². The van der Waals surface area contributed by atoms with Gasteiger partial charge in [0.1, 0.15) is 5.69 Å². The van der Waals surface area contributed by atoms with Gasteiger partial charge in [0, 0.05) is 25.1 Å². The molecule has 3 aromatic heterocycles. The zero-order valence-corrected chi connectivity index (χ0v) is 23.4. The van der Waals surface area contributed by atoms with Crippen LogP contribution in [0.15, 0.2) is 30.7 Å². The van der Waals surface area contributed by atoms with Gasteiger partial charge < -0.3 is 15.5 Å². The Morgan fingerprint density at radius 3 is 2.50 bits per heavy atom. The minimum Gasteiger partial charge on any atom is -0.342 e. The van der Waals surface area contributed by atoms with Crippen LogP contribution in [0.25, 0.3) is 5.65 Å². The molecule has 0 aromatic carbocycles. The van der Waals surface area contributed by atoms with Gasteiger partial charge in [-0.3, -0.25) is 9.48 Å². The number of halogens is 4. The molecule has 0 radical (unpaired) electrons. The van der Waals surface area contributed by atoms with Crippen LogP contribution in [0.1, 0.15) is 92.2 Å². The van der Waals surface area contributed by atoms with Gasteiger partial charge in [0.2, 0.25) is 5.92 Å². The van der Waals surface area contributed by atoms with E-state index in [2.05, 4.69) is 20.8 Å². The number of aromatic nitrogens is 5. The first kappa shape index (κ1) is 28.4. The van der Waals surface area contributed by atoms with Gasteiger partial charge in [0.05, 0.1) is 43.3 Å². The van der Waals surface area contributed by atoms with E-state index in [1.165, 1.54) is 15.6 Å². The molecular weight excluding hydrogens is 556 g/mol. The molecule has 2 aliphatic carbocycles. The van der Waals surface area contributed by atoms with E-state index in [9.17, 15) is 27.2 Å². The number of carbonyl (C=O) groups excluding carboxylic acids is 2. The summed E-state index contributed by atoms with van der Waals surface area (Å²) in [5, 5.41) is 14.0. The Morgan fingerprint density at radius 1 is 1.07 bits per heavy atom. The molecule has 3 amide bonds. The van der Waals surface area contributed by atoms with E-state index in [4.69, 9.17) is 4.98 Å². The Hall–Kier alpha value is -3.71. The molecule has 1 aliphatic heterocycles. The summed E-state index contributed by atoms with van der Waals surface area (Å²) in [6.07, 6.45) is 6.20. The van der Waals surface area contributed by atoms with E-state index < -0.39 is 43.0 Å². The lowest BCUT2D eigenvalue weighted by atomic mass is 9.81. The fourth-order valence-electron chi connectivity index (χ4n) is 6.20. The van der Waals surface area contributed by atoms with Crippen molar-refractivity contribution in [3.05, 3.63) is 47.7 Å². The molecule has 2 saturated carbocycles.